The number of hydroxylamine groups is 2. The lowest BCUT2D eigenvalue weighted by molar-refractivity contribution is -0.253. The first-order valence-electron chi connectivity index (χ1n) is 21.8. The first-order chi connectivity index (χ1) is 26.1. The van der Waals surface area contributed by atoms with Gasteiger partial charge in [0.25, 0.3) is 0 Å². The summed E-state index contributed by atoms with van der Waals surface area (Å²) in [6.07, 6.45) is -0.735. The highest BCUT2D eigenvalue weighted by molar-refractivity contribution is 5.76. The van der Waals surface area contributed by atoms with Crippen LogP contribution in [-0.4, -0.2) is 103 Å². The van der Waals surface area contributed by atoms with Gasteiger partial charge in [-0.3, -0.25) is 19.2 Å². The summed E-state index contributed by atoms with van der Waals surface area (Å²) in [6.45, 7) is 32.2. The van der Waals surface area contributed by atoms with Crippen LogP contribution in [0.15, 0.2) is 0 Å². The smallest absolute Gasteiger partial charge is 0.309 e. The van der Waals surface area contributed by atoms with Crippen molar-refractivity contribution in [2.75, 3.05) is 0 Å². The predicted octanol–water partition coefficient (Wildman–Crippen LogP) is 6.37. The summed E-state index contributed by atoms with van der Waals surface area (Å²) in [7, 11) is 0. The molecule has 332 valence electrons. The van der Waals surface area contributed by atoms with E-state index in [-0.39, 0.29) is 39.7 Å². The fourth-order valence-corrected chi connectivity index (χ4v) is 12.3. The summed E-state index contributed by atoms with van der Waals surface area (Å²) in [5.41, 5.74) is -3.53. The van der Waals surface area contributed by atoms with Gasteiger partial charge in [0.15, 0.2) is 12.2 Å². The van der Waals surface area contributed by atoms with Gasteiger partial charge < -0.3 is 40.1 Å². The van der Waals surface area contributed by atoms with Crippen LogP contribution < -0.4 is 16.0 Å². The predicted molar refractivity (Wildman–Crippen MR) is 221 cm³/mol. The molecule has 4 saturated heterocycles. The first kappa shape index (κ1) is 46.7. The topological polar surface area (TPSA) is 165 Å². The van der Waals surface area contributed by atoms with E-state index in [2.05, 4.69) is 99.0 Å². The van der Waals surface area contributed by atoms with Gasteiger partial charge in [-0.1, -0.05) is 0 Å². The van der Waals surface area contributed by atoms with Gasteiger partial charge in [0.1, 0.15) is 12.2 Å². The minimum atomic E-state index is -1.23. The zero-order valence-electron chi connectivity index (χ0n) is 38.6. The fraction of sp³-hybridized carbons (Fsp3) is 0.911. The monoisotopic (exact) mass is 819 g/mol. The molecule has 0 spiro atoms. The van der Waals surface area contributed by atoms with Gasteiger partial charge in [0.2, 0.25) is 0 Å². The van der Waals surface area contributed by atoms with Crippen LogP contribution in [0.2, 0.25) is 0 Å². The Morgan fingerprint density at radius 1 is 0.414 bits per heavy atom. The van der Waals surface area contributed by atoms with E-state index in [1.165, 1.54) is 5.06 Å². The summed E-state index contributed by atoms with van der Waals surface area (Å²) < 4.78 is 25.7. The van der Waals surface area contributed by atoms with Crippen LogP contribution in [0.1, 0.15) is 169 Å². The van der Waals surface area contributed by atoms with Crippen molar-refractivity contribution in [3.8, 4) is 0 Å². The number of rotatable bonds is 8. The molecule has 1 aliphatic carbocycles. The molecule has 58 heavy (non-hydrogen) atoms. The Bertz CT molecular complexity index is 1520. The molecule has 0 aromatic heterocycles. The summed E-state index contributed by atoms with van der Waals surface area (Å²) in [5.74, 6) is -3.84. The Balaban J connectivity index is 1.51. The second kappa shape index (κ2) is 15.5. The van der Waals surface area contributed by atoms with Gasteiger partial charge in [-0.15, -0.1) is 0 Å². The van der Waals surface area contributed by atoms with Crippen molar-refractivity contribution >= 4 is 23.9 Å². The molecule has 4 atom stereocenters. The summed E-state index contributed by atoms with van der Waals surface area (Å²) in [5, 5.41) is 23.2. The van der Waals surface area contributed by atoms with E-state index in [1.54, 1.807) is 0 Å². The molecule has 1 saturated carbocycles. The zero-order valence-corrected chi connectivity index (χ0v) is 38.6. The first-order valence-corrected chi connectivity index (χ1v) is 21.8. The van der Waals surface area contributed by atoms with E-state index < -0.39 is 83.0 Å². The molecule has 5 fully saturated rings. The molecule has 0 aromatic rings. The van der Waals surface area contributed by atoms with Crippen LogP contribution in [0.25, 0.3) is 0 Å². The van der Waals surface area contributed by atoms with Gasteiger partial charge in [0.05, 0.1) is 23.7 Å². The molecule has 0 amide bonds. The average Bonchev–Trinajstić information content (AvgIpc) is 3.28. The van der Waals surface area contributed by atoms with Crippen molar-refractivity contribution in [2.24, 2.45) is 23.7 Å². The number of carbonyl (C=O) groups is 4. The molecule has 0 bridgehead atoms. The van der Waals surface area contributed by atoms with Gasteiger partial charge in [-0.05, 0) is 162 Å². The molecule has 0 aromatic carbocycles. The summed E-state index contributed by atoms with van der Waals surface area (Å²) in [6, 6.07) is 0. The highest BCUT2D eigenvalue weighted by Gasteiger charge is 2.57. The van der Waals surface area contributed by atoms with Crippen molar-refractivity contribution in [2.45, 2.75) is 237 Å². The second-order valence-corrected chi connectivity index (χ2v) is 24.0. The quantitative estimate of drug-likeness (QED) is 0.158. The van der Waals surface area contributed by atoms with Crippen LogP contribution in [0, 0.1) is 23.7 Å². The van der Waals surface area contributed by atoms with Gasteiger partial charge in [-0.25, -0.2) is 0 Å². The number of hydrogen-bond donors (Lipinski definition) is 4. The number of ether oxygens (including phenoxy) is 4. The number of carbonyl (C=O) groups excluding carboxylic acids is 4. The minimum Gasteiger partial charge on any atom is -0.458 e. The maximum absolute atomic E-state index is 14.4. The van der Waals surface area contributed by atoms with Crippen LogP contribution in [-0.2, 0) is 38.1 Å². The molecule has 13 heteroatoms. The molecular formula is C45H78N4O9. The Hall–Kier alpha value is -2.32. The van der Waals surface area contributed by atoms with E-state index in [9.17, 15) is 24.4 Å². The number of piperidine rings is 4. The maximum atomic E-state index is 14.4. The normalized spacial score (nSPS) is 33.1. The lowest BCUT2D eigenvalue weighted by Crippen LogP contribution is -2.60. The lowest BCUT2D eigenvalue weighted by atomic mass is 9.75. The van der Waals surface area contributed by atoms with Crippen LogP contribution >= 0.6 is 0 Å². The Labute approximate surface area is 348 Å². The third-order valence-electron chi connectivity index (χ3n) is 13.1. The standard InChI is InChI=1S/C45H78N4O9/c1-38(2)18-26(19-39(3,4)46-38)34(50)55-30-17-31(56-35(51)27-20-40(5,6)47-41(7,8)21-27)33(58-37(53)29-24-44(13,14)49(54)45(15,16)25-29)32(30)57-36(52)28-22-42(9,10)48-43(11,12)23-28/h26-33,46-48,54H,17-25H2,1-16H3. The minimum absolute atomic E-state index is 0.00182. The maximum Gasteiger partial charge on any atom is 0.309 e. The number of nitrogens with zero attached hydrogens (tertiary/aromatic N) is 1. The van der Waals surface area contributed by atoms with Gasteiger partial charge >= 0.3 is 23.9 Å². The molecule has 4 unspecified atom stereocenters. The van der Waals surface area contributed by atoms with Crippen LogP contribution in [0.4, 0.5) is 0 Å². The summed E-state index contributed by atoms with van der Waals surface area (Å²) >= 11 is 0. The highest BCUT2D eigenvalue weighted by Crippen LogP contribution is 2.44. The van der Waals surface area contributed by atoms with Crippen molar-refractivity contribution in [3.05, 3.63) is 0 Å². The Morgan fingerprint density at radius 3 is 0.897 bits per heavy atom. The zero-order chi connectivity index (χ0) is 43.8. The highest BCUT2D eigenvalue weighted by atomic mass is 16.6. The van der Waals surface area contributed by atoms with E-state index in [1.807, 2.05) is 27.7 Å². The van der Waals surface area contributed by atoms with Gasteiger partial charge in [-0.2, -0.15) is 5.06 Å². The Morgan fingerprint density at radius 2 is 0.638 bits per heavy atom. The summed E-state index contributed by atoms with van der Waals surface area (Å²) in [4.78, 5) is 57.3. The van der Waals surface area contributed by atoms with Crippen molar-refractivity contribution in [3.63, 3.8) is 0 Å². The van der Waals surface area contributed by atoms with Crippen molar-refractivity contribution in [1.29, 1.82) is 0 Å². The average molecular weight is 819 g/mol. The third-order valence-corrected chi connectivity index (χ3v) is 13.1. The Kier molecular flexibility index (Phi) is 12.5. The SMILES string of the molecule is CC1(C)CC(C(=O)OC2CC(OC(=O)C3CC(C)(C)NC(C)(C)C3)C(OC(=O)C3CC(C)(C)N(O)C(C)(C)C3)C2OC(=O)C2CC(C)(C)NC(C)(C)C2)CC(C)(C)N1. The molecule has 5 rings (SSSR count). The lowest BCUT2D eigenvalue weighted by Gasteiger charge is -2.50. The number of esters is 4. The van der Waals surface area contributed by atoms with Gasteiger partial charge in [0, 0.05) is 50.7 Å². The van der Waals surface area contributed by atoms with Crippen LogP contribution in [0.3, 0.4) is 0 Å². The van der Waals surface area contributed by atoms with Crippen molar-refractivity contribution in [1.82, 2.24) is 21.0 Å². The van der Waals surface area contributed by atoms with Crippen molar-refractivity contribution < 1.29 is 43.3 Å². The third kappa shape index (κ3) is 11.1. The molecule has 5 aliphatic rings. The van der Waals surface area contributed by atoms with E-state index in [0.717, 1.165) is 0 Å². The number of nitrogens with one attached hydrogen (secondary N) is 3. The molecule has 13 nitrogen and oxygen atoms in total. The molecule has 4 N–H and O–H groups in total. The molecule has 4 heterocycles. The molecule has 0 radical (unpaired) electrons. The second-order valence-electron chi connectivity index (χ2n) is 24.0. The van der Waals surface area contributed by atoms with Crippen LogP contribution in [0.5, 0.6) is 0 Å². The molecular weight excluding hydrogens is 741 g/mol. The van der Waals surface area contributed by atoms with E-state index in [4.69, 9.17) is 18.9 Å². The molecule has 4 aliphatic heterocycles. The largest absolute Gasteiger partial charge is 0.458 e. The van der Waals surface area contributed by atoms with E-state index >= 15 is 0 Å². The van der Waals surface area contributed by atoms with E-state index in [0.29, 0.717) is 51.4 Å². The fourth-order valence-electron chi connectivity index (χ4n) is 12.3. The number of hydrogen-bond acceptors (Lipinski definition) is 13.